The fourth-order valence-corrected chi connectivity index (χ4v) is 5.68. The van der Waals surface area contributed by atoms with Crippen LogP contribution in [0.3, 0.4) is 0 Å². The fraction of sp³-hybridized carbons (Fsp3) is 0.583. The molecule has 0 unspecified atom stereocenters. The summed E-state index contributed by atoms with van der Waals surface area (Å²) < 4.78 is 5.90. The van der Waals surface area contributed by atoms with E-state index >= 15 is 0 Å². The van der Waals surface area contributed by atoms with Gasteiger partial charge in [0.05, 0.1) is 23.5 Å². The molecule has 0 spiro atoms. The van der Waals surface area contributed by atoms with Gasteiger partial charge in [0, 0.05) is 12.6 Å². The molecule has 156 valence electrons. The van der Waals surface area contributed by atoms with Gasteiger partial charge in [0.1, 0.15) is 0 Å². The van der Waals surface area contributed by atoms with Crippen molar-refractivity contribution in [3.63, 3.8) is 0 Å². The van der Waals surface area contributed by atoms with Gasteiger partial charge in [-0.05, 0) is 57.4 Å². The van der Waals surface area contributed by atoms with Crippen LogP contribution in [0.15, 0.2) is 42.5 Å². The van der Waals surface area contributed by atoms with Gasteiger partial charge in [0.15, 0.2) is 0 Å². The third kappa shape index (κ3) is 3.73. The van der Waals surface area contributed by atoms with Crippen molar-refractivity contribution in [1.29, 1.82) is 0 Å². The molecule has 1 saturated heterocycles. The zero-order valence-corrected chi connectivity index (χ0v) is 17.5. The van der Waals surface area contributed by atoms with Crippen molar-refractivity contribution in [2.24, 2.45) is 23.7 Å². The summed E-state index contributed by atoms with van der Waals surface area (Å²) in [6.45, 7) is 6.81. The summed E-state index contributed by atoms with van der Waals surface area (Å²) in [4.78, 5) is 28.0. The van der Waals surface area contributed by atoms with Gasteiger partial charge in [-0.2, -0.15) is 0 Å². The summed E-state index contributed by atoms with van der Waals surface area (Å²) in [5.41, 5.74) is 0.786. The molecule has 29 heavy (non-hydrogen) atoms. The van der Waals surface area contributed by atoms with E-state index in [9.17, 15) is 14.7 Å². The Morgan fingerprint density at radius 2 is 1.79 bits per heavy atom. The second kappa shape index (κ2) is 7.60. The molecule has 4 rings (SSSR count). The highest BCUT2D eigenvalue weighted by atomic mass is 16.5. The highest BCUT2D eigenvalue weighted by molar-refractivity contribution is 5.87. The van der Waals surface area contributed by atoms with Crippen LogP contribution in [-0.4, -0.2) is 40.1 Å². The third-order valence-corrected chi connectivity index (χ3v) is 7.05. The Bertz CT molecular complexity index is 802. The molecule has 0 aromatic heterocycles. The van der Waals surface area contributed by atoms with E-state index in [1.54, 1.807) is 0 Å². The number of carboxylic acid groups (broad SMARTS) is 1. The summed E-state index contributed by atoms with van der Waals surface area (Å²) in [6.07, 6.45) is 6.37. The lowest BCUT2D eigenvalue weighted by Crippen LogP contribution is -2.53. The van der Waals surface area contributed by atoms with Gasteiger partial charge in [-0.15, -0.1) is 0 Å². The Hall–Kier alpha value is -2.14. The van der Waals surface area contributed by atoms with Gasteiger partial charge in [-0.1, -0.05) is 42.5 Å². The smallest absolute Gasteiger partial charge is 0.307 e. The van der Waals surface area contributed by atoms with Crippen molar-refractivity contribution in [3.05, 3.63) is 48.0 Å². The minimum Gasteiger partial charge on any atom is -0.481 e. The molecule has 1 saturated carbocycles. The first kappa shape index (κ1) is 20.1. The zero-order valence-electron chi connectivity index (χ0n) is 17.5. The highest BCUT2D eigenvalue weighted by Gasteiger charge is 2.54. The molecule has 5 heteroatoms. The first-order valence-electron chi connectivity index (χ1n) is 10.7. The third-order valence-electron chi connectivity index (χ3n) is 7.05. The van der Waals surface area contributed by atoms with E-state index in [0.29, 0.717) is 6.61 Å². The molecular formula is C24H31NO4. The fourth-order valence-electron chi connectivity index (χ4n) is 5.68. The minimum atomic E-state index is -0.847. The average molecular weight is 398 g/mol. The van der Waals surface area contributed by atoms with Crippen LogP contribution in [0, 0.1) is 23.7 Å². The molecule has 2 aliphatic carbocycles. The molecule has 1 aliphatic heterocycles. The van der Waals surface area contributed by atoms with Gasteiger partial charge in [0.2, 0.25) is 5.91 Å². The van der Waals surface area contributed by atoms with E-state index in [0.717, 1.165) is 24.8 Å². The number of amides is 1. The lowest BCUT2D eigenvalue weighted by atomic mass is 9.80. The van der Waals surface area contributed by atoms with Crippen LogP contribution in [0.4, 0.5) is 0 Å². The van der Waals surface area contributed by atoms with Gasteiger partial charge in [-0.3, -0.25) is 9.59 Å². The molecule has 1 aromatic rings. The Morgan fingerprint density at radius 1 is 1.14 bits per heavy atom. The van der Waals surface area contributed by atoms with E-state index in [4.69, 9.17) is 4.74 Å². The van der Waals surface area contributed by atoms with Gasteiger partial charge >= 0.3 is 5.97 Å². The van der Waals surface area contributed by atoms with Crippen LogP contribution < -0.4 is 0 Å². The molecule has 1 aromatic carbocycles. The number of nitrogens with zero attached hydrogens (tertiary/aromatic N) is 1. The monoisotopic (exact) mass is 397 g/mol. The predicted octanol–water partition coefficient (Wildman–Crippen LogP) is 4.06. The number of carbonyl (C=O) groups is 2. The predicted molar refractivity (Wildman–Crippen MR) is 110 cm³/mol. The number of hydrogen-bond acceptors (Lipinski definition) is 3. The molecule has 1 N–H and O–H groups in total. The maximum Gasteiger partial charge on any atom is 0.307 e. The van der Waals surface area contributed by atoms with E-state index in [2.05, 4.69) is 26.8 Å². The Labute approximate surface area is 172 Å². The van der Waals surface area contributed by atoms with Crippen molar-refractivity contribution in [2.75, 3.05) is 6.61 Å². The second-order valence-corrected chi connectivity index (χ2v) is 9.43. The molecule has 0 radical (unpaired) electrons. The largest absolute Gasteiger partial charge is 0.481 e. The number of carbonyl (C=O) groups excluding carboxylic acids is 1. The number of allylic oxidation sites excluding steroid dienone is 2. The molecule has 2 fully saturated rings. The van der Waals surface area contributed by atoms with Crippen molar-refractivity contribution in [2.45, 2.75) is 57.7 Å². The van der Waals surface area contributed by atoms with Crippen LogP contribution in [-0.2, 0) is 14.3 Å². The number of benzene rings is 1. The maximum atomic E-state index is 14.0. The van der Waals surface area contributed by atoms with Crippen molar-refractivity contribution >= 4 is 11.9 Å². The average Bonchev–Trinajstić information content (AvgIpc) is 3.29. The van der Waals surface area contributed by atoms with Gasteiger partial charge < -0.3 is 14.7 Å². The topological polar surface area (TPSA) is 66.8 Å². The number of hydrogen-bond donors (Lipinski definition) is 1. The lowest BCUT2D eigenvalue weighted by Gasteiger charge is -2.45. The normalized spacial score (nSPS) is 33.4. The molecule has 6 atom stereocenters. The Morgan fingerprint density at radius 3 is 2.41 bits per heavy atom. The van der Waals surface area contributed by atoms with E-state index in [1.807, 2.05) is 41.3 Å². The van der Waals surface area contributed by atoms with E-state index in [-0.39, 0.29) is 35.4 Å². The van der Waals surface area contributed by atoms with Crippen LogP contribution in [0.2, 0.25) is 0 Å². The summed E-state index contributed by atoms with van der Waals surface area (Å²) in [7, 11) is 0. The number of carboxylic acids is 1. The summed E-state index contributed by atoms with van der Waals surface area (Å²) in [5, 5.41) is 9.86. The molecule has 2 bridgehead atoms. The second-order valence-electron chi connectivity index (χ2n) is 9.43. The van der Waals surface area contributed by atoms with Gasteiger partial charge in [0.25, 0.3) is 0 Å². The van der Waals surface area contributed by atoms with Crippen molar-refractivity contribution in [3.8, 4) is 0 Å². The quantitative estimate of drug-likeness (QED) is 0.761. The number of ether oxygens (including phenoxy) is 1. The lowest BCUT2D eigenvalue weighted by molar-refractivity contribution is -0.157. The van der Waals surface area contributed by atoms with Crippen molar-refractivity contribution in [1.82, 2.24) is 4.90 Å². The van der Waals surface area contributed by atoms with Crippen LogP contribution in [0.25, 0.3) is 0 Å². The first-order valence-corrected chi connectivity index (χ1v) is 10.7. The molecule has 3 aliphatic rings. The zero-order chi connectivity index (χ0) is 20.8. The Balaban J connectivity index is 1.69. The van der Waals surface area contributed by atoms with Gasteiger partial charge in [-0.25, -0.2) is 0 Å². The molecule has 1 heterocycles. The van der Waals surface area contributed by atoms with Crippen LogP contribution in [0.5, 0.6) is 0 Å². The van der Waals surface area contributed by atoms with Crippen molar-refractivity contribution < 1.29 is 19.4 Å². The maximum absolute atomic E-state index is 14.0. The number of rotatable bonds is 5. The summed E-state index contributed by atoms with van der Waals surface area (Å²) in [5.74, 6) is -1.93. The molecular weight excluding hydrogens is 366 g/mol. The number of aliphatic carboxylic acids is 1. The standard InChI is InChI=1S/C24H31NO4/c1-15(16-7-5-4-6-8-16)25(19-11-12-29-24(2,3)14-19)22(26)20-17-9-10-18(13-17)21(20)23(27)28/h4-10,15,17-21H,11-14H2,1-3H3,(H,27,28)/t15-,17+,18-,19+,20-,21+/m1/s1. The highest BCUT2D eigenvalue weighted by Crippen LogP contribution is 2.50. The number of fused-ring (bicyclic) bond motifs is 2. The SMILES string of the molecule is C[C@H](c1ccccc1)N(C(=O)[C@H]1[C@@H](C(=O)O)[C@@H]2C=C[C@H]1C2)[C@H]1CCOC(C)(C)C1. The van der Waals surface area contributed by atoms with E-state index < -0.39 is 17.8 Å². The van der Waals surface area contributed by atoms with E-state index in [1.165, 1.54) is 0 Å². The first-order chi connectivity index (χ1) is 13.8. The van der Waals surface area contributed by atoms with Crippen LogP contribution in [0.1, 0.15) is 51.6 Å². The Kier molecular flexibility index (Phi) is 5.28. The summed E-state index contributed by atoms with van der Waals surface area (Å²) >= 11 is 0. The minimum absolute atomic E-state index is 0.00620. The van der Waals surface area contributed by atoms with Crippen LogP contribution >= 0.6 is 0 Å². The summed E-state index contributed by atoms with van der Waals surface area (Å²) in [6, 6.07) is 9.97. The molecule has 5 nitrogen and oxygen atoms in total. The molecule has 1 amide bonds.